The number of carbonyl (C=O) groups is 1. The highest BCUT2D eigenvalue weighted by Crippen LogP contribution is 2.26. The minimum absolute atomic E-state index is 0.117. The molecule has 132 valence electrons. The van der Waals surface area contributed by atoms with Crippen LogP contribution in [0.25, 0.3) is 0 Å². The van der Waals surface area contributed by atoms with Crippen LogP contribution < -0.4 is 15.8 Å². The molecule has 1 saturated heterocycles. The van der Waals surface area contributed by atoms with Crippen molar-refractivity contribution in [2.24, 2.45) is 5.92 Å². The van der Waals surface area contributed by atoms with Gasteiger partial charge in [-0.3, -0.25) is 4.79 Å². The maximum Gasteiger partial charge on any atom is 0.407 e. The van der Waals surface area contributed by atoms with E-state index >= 15 is 0 Å². The Morgan fingerprint density at radius 2 is 2.29 bits per heavy atom. The van der Waals surface area contributed by atoms with E-state index in [1.54, 1.807) is 0 Å². The lowest BCUT2D eigenvalue weighted by atomic mass is 9.87. The maximum absolute atomic E-state index is 12.1. The van der Waals surface area contributed by atoms with Gasteiger partial charge in [0.15, 0.2) is 0 Å². The van der Waals surface area contributed by atoms with Crippen molar-refractivity contribution in [1.29, 1.82) is 0 Å². The van der Waals surface area contributed by atoms with Crippen LogP contribution in [0, 0.1) is 5.92 Å². The average molecular weight is 355 g/mol. The lowest BCUT2D eigenvalue weighted by molar-refractivity contribution is 0.101. The first kappa shape index (κ1) is 17.1. The number of nitrogens with zero attached hydrogens (tertiary/aromatic N) is 2. The van der Waals surface area contributed by atoms with Gasteiger partial charge in [-0.1, -0.05) is 31.4 Å². The fourth-order valence-electron chi connectivity index (χ4n) is 3.56. The lowest BCUT2D eigenvalue weighted by Gasteiger charge is -2.27. The van der Waals surface area contributed by atoms with Gasteiger partial charge in [0, 0.05) is 19.0 Å². The maximum atomic E-state index is 12.1. The Labute approximate surface area is 145 Å². The molecular formula is C16H23ClN4O3. The summed E-state index contributed by atoms with van der Waals surface area (Å²) in [5, 5.41) is 9.17. The van der Waals surface area contributed by atoms with Crippen LogP contribution in [0.3, 0.4) is 0 Å². The Bertz CT molecular complexity index is 650. The Hall–Kier alpha value is -1.76. The van der Waals surface area contributed by atoms with Gasteiger partial charge >= 0.3 is 6.09 Å². The van der Waals surface area contributed by atoms with Crippen LogP contribution in [0.4, 0.5) is 10.5 Å². The van der Waals surface area contributed by atoms with E-state index in [1.807, 2.05) is 4.90 Å². The second-order valence-corrected chi connectivity index (χ2v) is 7.15. The highest BCUT2D eigenvalue weighted by Gasteiger charge is 2.29. The first-order chi connectivity index (χ1) is 11.5. The summed E-state index contributed by atoms with van der Waals surface area (Å²) in [7, 11) is 0. The molecular weight excluding hydrogens is 332 g/mol. The largest absolute Gasteiger partial charge is 0.444 e. The lowest BCUT2D eigenvalue weighted by Crippen LogP contribution is -2.40. The molecule has 0 spiro atoms. The number of aromatic amines is 1. The molecule has 8 heteroatoms. The van der Waals surface area contributed by atoms with Gasteiger partial charge in [0.2, 0.25) is 0 Å². The third kappa shape index (κ3) is 4.01. The summed E-state index contributed by atoms with van der Waals surface area (Å²) in [6.45, 7) is 3.40. The zero-order valence-corrected chi connectivity index (χ0v) is 14.5. The molecule has 1 aromatic rings. The standard InChI is InChI=1S/C16H23ClN4O3/c1-10-3-2-4-11(7-10)19-16(23)24-12-5-6-21(9-12)13-8-18-20-15(22)14(13)17/h8,10-12H,2-7,9H2,1H3,(H,19,23)(H,20,22)/t10?,11?,12-/m1/s1. The number of amides is 1. The second kappa shape index (κ2) is 7.42. The first-order valence-electron chi connectivity index (χ1n) is 8.48. The van der Waals surface area contributed by atoms with E-state index in [0.717, 1.165) is 19.3 Å². The van der Waals surface area contributed by atoms with Crippen molar-refractivity contribution in [3.8, 4) is 0 Å². The fraction of sp³-hybridized carbons (Fsp3) is 0.688. The molecule has 0 radical (unpaired) electrons. The van der Waals surface area contributed by atoms with Gasteiger partial charge in [-0.05, 0) is 18.8 Å². The summed E-state index contributed by atoms with van der Waals surface area (Å²) in [4.78, 5) is 25.5. The van der Waals surface area contributed by atoms with Crippen LogP contribution in [0.1, 0.15) is 39.0 Å². The summed E-state index contributed by atoms with van der Waals surface area (Å²) >= 11 is 6.02. The summed E-state index contributed by atoms with van der Waals surface area (Å²) in [6.07, 6.45) is 6.09. The zero-order valence-electron chi connectivity index (χ0n) is 13.8. The van der Waals surface area contributed by atoms with Gasteiger partial charge < -0.3 is 15.0 Å². The summed E-state index contributed by atoms with van der Waals surface area (Å²) in [5.74, 6) is 0.650. The van der Waals surface area contributed by atoms with Crippen LogP contribution in [0.5, 0.6) is 0 Å². The number of alkyl carbamates (subject to hydrolysis) is 1. The molecule has 1 aromatic heterocycles. The van der Waals surface area contributed by atoms with Crippen molar-refractivity contribution in [3.05, 3.63) is 21.6 Å². The third-order valence-corrected chi connectivity index (χ3v) is 5.16. The number of halogens is 1. The predicted molar refractivity (Wildman–Crippen MR) is 91.5 cm³/mol. The monoisotopic (exact) mass is 354 g/mol. The molecule has 7 nitrogen and oxygen atoms in total. The Balaban J connectivity index is 1.51. The van der Waals surface area contributed by atoms with Crippen molar-refractivity contribution >= 4 is 23.4 Å². The SMILES string of the molecule is CC1CCCC(NC(=O)O[C@@H]2CCN(c3cn[nH]c(=O)c3Cl)C2)C1. The predicted octanol–water partition coefficient (Wildman–Crippen LogP) is 2.31. The van der Waals surface area contributed by atoms with Crippen molar-refractivity contribution in [3.63, 3.8) is 0 Å². The number of hydrogen-bond acceptors (Lipinski definition) is 5. The zero-order chi connectivity index (χ0) is 17.1. The third-order valence-electron chi connectivity index (χ3n) is 4.79. The Kier molecular flexibility index (Phi) is 5.28. The molecule has 3 rings (SSSR count). The number of aromatic nitrogens is 2. The van der Waals surface area contributed by atoms with E-state index in [4.69, 9.17) is 16.3 Å². The smallest absolute Gasteiger partial charge is 0.407 e. The van der Waals surface area contributed by atoms with Gasteiger partial charge in [-0.15, -0.1) is 0 Å². The van der Waals surface area contributed by atoms with E-state index in [-0.39, 0.29) is 23.3 Å². The molecule has 1 aliphatic heterocycles. The van der Waals surface area contributed by atoms with Crippen molar-refractivity contribution < 1.29 is 9.53 Å². The molecule has 0 bridgehead atoms. The van der Waals surface area contributed by atoms with Gasteiger partial charge in [-0.2, -0.15) is 5.10 Å². The number of ether oxygens (including phenoxy) is 1. The summed E-state index contributed by atoms with van der Waals surface area (Å²) < 4.78 is 5.53. The molecule has 2 aliphatic rings. The Morgan fingerprint density at radius 1 is 1.46 bits per heavy atom. The second-order valence-electron chi connectivity index (χ2n) is 6.77. The van der Waals surface area contributed by atoms with E-state index in [1.165, 1.54) is 12.6 Å². The van der Waals surface area contributed by atoms with Gasteiger partial charge in [0.05, 0.1) is 18.4 Å². The van der Waals surface area contributed by atoms with E-state index in [9.17, 15) is 9.59 Å². The molecule has 2 N–H and O–H groups in total. The average Bonchev–Trinajstić information content (AvgIpc) is 2.98. The normalized spacial score (nSPS) is 27.1. The summed E-state index contributed by atoms with van der Waals surface area (Å²) in [6, 6.07) is 0.213. The van der Waals surface area contributed by atoms with Crippen LogP contribution in [-0.2, 0) is 4.74 Å². The molecule has 2 heterocycles. The van der Waals surface area contributed by atoms with E-state index < -0.39 is 5.56 Å². The molecule has 24 heavy (non-hydrogen) atoms. The minimum Gasteiger partial charge on any atom is -0.444 e. The minimum atomic E-state index is -0.414. The number of anilines is 1. The molecule has 1 amide bonds. The molecule has 1 saturated carbocycles. The van der Waals surface area contributed by atoms with Gasteiger partial charge in [0.1, 0.15) is 11.1 Å². The van der Waals surface area contributed by atoms with Crippen molar-refractivity contribution in [2.75, 3.05) is 18.0 Å². The van der Waals surface area contributed by atoms with Gasteiger partial charge in [-0.25, -0.2) is 9.89 Å². The molecule has 0 aromatic carbocycles. The van der Waals surface area contributed by atoms with Gasteiger partial charge in [0.25, 0.3) is 5.56 Å². The van der Waals surface area contributed by atoms with Crippen molar-refractivity contribution in [2.45, 2.75) is 51.2 Å². The molecule has 3 atom stereocenters. The highest BCUT2D eigenvalue weighted by molar-refractivity contribution is 6.33. The van der Waals surface area contributed by atoms with Crippen LogP contribution in [-0.4, -0.2) is 41.5 Å². The highest BCUT2D eigenvalue weighted by atomic mass is 35.5. The van der Waals surface area contributed by atoms with Crippen LogP contribution in [0.15, 0.2) is 11.0 Å². The quantitative estimate of drug-likeness (QED) is 0.869. The first-order valence-corrected chi connectivity index (χ1v) is 8.86. The molecule has 1 aliphatic carbocycles. The molecule has 2 fully saturated rings. The topological polar surface area (TPSA) is 87.3 Å². The van der Waals surface area contributed by atoms with Crippen LogP contribution >= 0.6 is 11.6 Å². The molecule has 2 unspecified atom stereocenters. The summed E-state index contributed by atoms with van der Waals surface area (Å²) in [5.41, 5.74) is 0.163. The van der Waals surface area contributed by atoms with E-state index in [0.29, 0.717) is 31.1 Å². The van der Waals surface area contributed by atoms with Crippen LogP contribution in [0.2, 0.25) is 5.02 Å². The number of hydrogen-bond donors (Lipinski definition) is 2. The number of carbonyl (C=O) groups excluding carboxylic acids is 1. The van der Waals surface area contributed by atoms with E-state index in [2.05, 4.69) is 22.4 Å². The fourth-order valence-corrected chi connectivity index (χ4v) is 3.77. The number of rotatable bonds is 3. The van der Waals surface area contributed by atoms with Crippen molar-refractivity contribution in [1.82, 2.24) is 15.5 Å². The Morgan fingerprint density at radius 3 is 3.08 bits per heavy atom. The number of H-pyrrole nitrogens is 1. The number of nitrogens with one attached hydrogen (secondary N) is 2.